The van der Waals surface area contributed by atoms with Crippen LogP contribution < -0.4 is 0 Å². The third-order valence-corrected chi connectivity index (χ3v) is 4.26. The van der Waals surface area contributed by atoms with Crippen molar-refractivity contribution >= 4 is 0 Å². The van der Waals surface area contributed by atoms with Gasteiger partial charge in [-0.3, -0.25) is 0 Å². The molecule has 1 aliphatic rings. The number of rotatable bonds is 6. The van der Waals surface area contributed by atoms with Crippen LogP contribution in [-0.2, 0) is 6.42 Å². The van der Waals surface area contributed by atoms with Crippen LogP contribution in [0.4, 0.5) is 0 Å². The van der Waals surface area contributed by atoms with Gasteiger partial charge in [-0.05, 0) is 80.0 Å². The Morgan fingerprint density at radius 1 is 1.13 bits per heavy atom. The van der Waals surface area contributed by atoms with Crippen molar-refractivity contribution in [1.82, 2.24) is 0 Å². The molecule has 2 rings (SSSR count). The standard InChI is InChI=1S/C23H26/c1-5-8-22-17-23(10-7-9-19(22)4)21(6-2)16-15-20-13-11-18(3)12-14-20/h5-6,9-14,17H,1,8,15-16H2,2-4H3. The Labute approximate surface area is 140 Å². The van der Waals surface area contributed by atoms with Gasteiger partial charge in [-0.25, -0.2) is 0 Å². The highest BCUT2D eigenvalue weighted by Crippen LogP contribution is 2.24. The number of aryl methyl sites for hydroxylation is 2. The second kappa shape index (κ2) is 8.36. The van der Waals surface area contributed by atoms with Crippen molar-refractivity contribution in [3.05, 3.63) is 100 Å². The van der Waals surface area contributed by atoms with Crippen molar-refractivity contribution in [2.24, 2.45) is 0 Å². The van der Waals surface area contributed by atoms with E-state index < -0.39 is 0 Å². The fourth-order valence-corrected chi connectivity index (χ4v) is 2.74. The predicted molar refractivity (Wildman–Crippen MR) is 102 cm³/mol. The van der Waals surface area contributed by atoms with E-state index in [9.17, 15) is 0 Å². The maximum atomic E-state index is 3.87. The Bertz CT molecular complexity index is 712. The molecule has 1 aromatic rings. The third kappa shape index (κ3) is 4.84. The van der Waals surface area contributed by atoms with E-state index in [0.717, 1.165) is 19.3 Å². The summed E-state index contributed by atoms with van der Waals surface area (Å²) in [7, 11) is 0. The van der Waals surface area contributed by atoms with Crippen molar-refractivity contribution in [2.75, 3.05) is 0 Å². The second-order valence-electron chi connectivity index (χ2n) is 6.06. The summed E-state index contributed by atoms with van der Waals surface area (Å²) in [5, 5.41) is 0. The van der Waals surface area contributed by atoms with Crippen LogP contribution in [0.3, 0.4) is 0 Å². The van der Waals surface area contributed by atoms with E-state index in [-0.39, 0.29) is 0 Å². The largest absolute Gasteiger partial charge is 0.120 e. The van der Waals surface area contributed by atoms with Crippen LogP contribution in [-0.4, -0.2) is 0 Å². The SMILES string of the molecule is C=CCC1=C(C)C=C=CC(C(=CC)CCc2ccc(C)cc2)=C1. The Kier molecular flexibility index (Phi) is 6.20. The van der Waals surface area contributed by atoms with Crippen LogP contribution in [0.15, 0.2) is 89.2 Å². The lowest BCUT2D eigenvalue weighted by molar-refractivity contribution is 0.950. The summed E-state index contributed by atoms with van der Waals surface area (Å²) in [5.41, 5.74) is 11.2. The molecular weight excluding hydrogens is 276 g/mol. The van der Waals surface area contributed by atoms with E-state index >= 15 is 0 Å². The van der Waals surface area contributed by atoms with Crippen molar-refractivity contribution < 1.29 is 0 Å². The lowest BCUT2D eigenvalue weighted by Gasteiger charge is -2.10. The molecule has 0 saturated heterocycles. The molecule has 0 saturated carbocycles. The summed E-state index contributed by atoms with van der Waals surface area (Å²) < 4.78 is 0. The van der Waals surface area contributed by atoms with Crippen LogP contribution in [0.2, 0.25) is 0 Å². The molecule has 0 fully saturated rings. The molecule has 1 aliphatic carbocycles. The fourth-order valence-electron chi connectivity index (χ4n) is 2.74. The molecule has 0 amide bonds. The van der Waals surface area contributed by atoms with Crippen LogP contribution in [0.5, 0.6) is 0 Å². The van der Waals surface area contributed by atoms with Crippen LogP contribution >= 0.6 is 0 Å². The van der Waals surface area contributed by atoms with Gasteiger partial charge in [-0.1, -0.05) is 48.1 Å². The van der Waals surface area contributed by atoms with E-state index in [1.165, 1.54) is 33.4 Å². The lowest BCUT2D eigenvalue weighted by atomic mass is 9.95. The Morgan fingerprint density at radius 3 is 2.52 bits per heavy atom. The van der Waals surface area contributed by atoms with Crippen molar-refractivity contribution in [3.8, 4) is 0 Å². The van der Waals surface area contributed by atoms with Gasteiger partial charge in [0.25, 0.3) is 0 Å². The summed E-state index contributed by atoms with van der Waals surface area (Å²) in [6, 6.07) is 8.83. The molecule has 0 aliphatic heterocycles. The van der Waals surface area contributed by atoms with Gasteiger partial charge < -0.3 is 0 Å². The normalized spacial score (nSPS) is 14.7. The number of hydrogen-bond donors (Lipinski definition) is 0. The Hall–Kier alpha value is -2.30. The second-order valence-corrected chi connectivity index (χ2v) is 6.06. The number of benzene rings is 1. The summed E-state index contributed by atoms with van der Waals surface area (Å²) in [6.45, 7) is 10.3. The molecule has 0 N–H and O–H groups in total. The molecule has 0 bridgehead atoms. The minimum absolute atomic E-state index is 0.899. The zero-order chi connectivity index (χ0) is 16.7. The first-order valence-corrected chi connectivity index (χ1v) is 8.30. The zero-order valence-electron chi connectivity index (χ0n) is 14.5. The van der Waals surface area contributed by atoms with Gasteiger partial charge >= 0.3 is 0 Å². The van der Waals surface area contributed by atoms with Gasteiger partial charge in [0, 0.05) is 0 Å². The molecule has 0 heterocycles. The first-order valence-electron chi connectivity index (χ1n) is 8.30. The minimum atomic E-state index is 0.899. The summed E-state index contributed by atoms with van der Waals surface area (Å²) in [4.78, 5) is 0. The maximum absolute atomic E-state index is 3.87. The van der Waals surface area contributed by atoms with Gasteiger partial charge in [0.15, 0.2) is 0 Å². The first-order chi connectivity index (χ1) is 11.1. The molecule has 0 heteroatoms. The van der Waals surface area contributed by atoms with E-state index in [1.54, 1.807) is 0 Å². The molecule has 23 heavy (non-hydrogen) atoms. The highest BCUT2D eigenvalue weighted by molar-refractivity contribution is 5.49. The Balaban J connectivity index is 2.17. The maximum Gasteiger partial charge on any atom is -0.00971 e. The summed E-state index contributed by atoms with van der Waals surface area (Å²) in [6.07, 6.45) is 13.7. The molecule has 0 atom stereocenters. The molecule has 118 valence electrons. The Morgan fingerprint density at radius 2 is 1.87 bits per heavy atom. The molecule has 1 aromatic carbocycles. The van der Waals surface area contributed by atoms with Gasteiger partial charge in [0.1, 0.15) is 0 Å². The van der Waals surface area contributed by atoms with Crippen LogP contribution in [0.1, 0.15) is 37.8 Å². The van der Waals surface area contributed by atoms with Gasteiger partial charge in [0.2, 0.25) is 0 Å². The molecule has 0 spiro atoms. The third-order valence-electron chi connectivity index (χ3n) is 4.26. The van der Waals surface area contributed by atoms with Crippen molar-refractivity contribution in [3.63, 3.8) is 0 Å². The molecule has 0 unspecified atom stereocenters. The average molecular weight is 302 g/mol. The molecule has 0 radical (unpaired) electrons. The fraction of sp³-hybridized carbons (Fsp3) is 0.261. The zero-order valence-corrected chi connectivity index (χ0v) is 14.5. The van der Waals surface area contributed by atoms with Crippen LogP contribution in [0.25, 0.3) is 0 Å². The van der Waals surface area contributed by atoms with E-state index in [2.05, 4.69) is 81.7 Å². The first kappa shape index (κ1) is 17.1. The van der Waals surface area contributed by atoms with Crippen molar-refractivity contribution in [2.45, 2.75) is 40.0 Å². The van der Waals surface area contributed by atoms with E-state index in [4.69, 9.17) is 0 Å². The number of allylic oxidation sites excluding steroid dienone is 8. The van der Waals surface area contributed by atoms with Gasteiger partial charge in [-0.2, -0.15) is 0 Å². The quantitative estimate of drug-likeness (QED) is 0.420. The predicted octanol–water partition coefficient (Wildman–Crippen LogP) is 6.42. The van der Waals surface area contributed by atoms with E-state index in [1.807, 2.05) is 6.08 Å². The van der Waals surface area contributed by atoms with Crippen LogP contribution in [0, 0.1) is 6.92 Å². The van der Waals surface area contributed by atoms with Crippen molar-refractivity contribution in [1.29, 1.82) is 0 Å². The minimum Gasteiger partial charge on any atom is -0.120 e. The monoisotopic (exact) mass is 302 g/mol. The summed E-state index contributed by atoms with van der Waals surface area (Å²) >= 11 is 0. The van der Waals surface area contributed by atoms with Gasteiger partial charge in [0.05, 0.1) is 0 Å². The highest BCUT2D eigenvalue weighted by Gasteiger charge is 2.07. The summed E-state index contributed by atoms with van der Waals surface area (Å²) in [5.74, 6) is 0. The molecule has 0 aromatic heterocycles. The molecular formula is C23H26. The lowest BCUT2D eigenvalue weighted by Crippen LogP contribution is -1.93. The highest BCUT2D eigenvalue weighted by atomic mass is 14.1. The van der Waals surface area contributed by atoms with Gasteiger partial charge in [-0.15, -0.1) is 12.3 Å². The average Bonchev–Trinajstić information content (AvgIpc) is 2.73. The smallest absolute Gasteiger partial charge is 0.00971 e. The molecule has 0 nitrogen and oxygen atoms in total. The topological polar surface area (TPSA) is 0 Å². The number of hydrogen-bond acceptors (Lipinski definition) is 0. The van der Waals surface area contributed by atoms with E-state index in [0.29, 0.717) is 0 Å².